The molecule has 0 saturated heterocycles. The summed E-state index contributed by atoms with van der Waals surface area (Å²) in [5.41, 5.74) is 0.577. The quantitative estimate of drug-likeness (QED) is 0.830. The fraction of sp³-hybridized carbons (Fsp3) is 0.462. The van der Waals surface area contributed by atoms with Gasteiger partial charge in [0.15, 0.2) is 17.1 Å². The van der Waals surface area contributed by atoms with Crippen molar-refractivity contribution in [3.8, 4) is 11.4 Å². The van der Waals surface area contributed by atoms with Gasteiger partial charge in [0.1, 0.15) is 0 Å². The number of H-pyrrole nitrogens is 1. The van der Waals surface area contributed by atoms with E-state index in [1.165, 1.54) is 18.9 Å². The minimum atomic E-state index is -0.0181. The molecule has 19 heavy (non-hydrogen) atoms. The van der Waals surface area contributed by atoms with Gasteiger partial charge in [-0.3, -0.25) is 4.79 Å². The van der Waals surface area contributed by atoms with E-state index in [1.54, 1.807) is 12.4 Å². The maximum absolute atomic E-state index is 11.9. The highest BCUT2D eigenvalue weighted by Gasteiger charge is 2.37. The summed E-state index contributed by atoms with van der Waals surface area (Å²) in [5.74, 6) is 2.35. The zero-order chi connectivity index (χ0) is 12.8. The molecule has 0 radical (unpaired) electrons. The molecule has 1 aliphatic heterocycles. The van der Waals surface area contributed by atoms with Crippen LogP contribution in [0.4, 0.5) is 0 Å². The molecule has 0 bridgehead atoms. The Morgan fingerprint density at radius 1 is 1.32 bits per heavy atom. The van der Waals surface area contributed by atoms with E-state index in [0.717, 1.165) is 18.9 Å². The Labute approximate surface area is 109 Å². The van der Waals surface area contributed by atoms with Gasteiger partial charge in [-0.25, -0.2) is 0 Å². The van der Waals surface area contributed by atoms with Crippen LogP contribution in [0.25, 0.3) is 11.4 Å². The van der Waals surface area contributed by atoms with Crippen molar-refractivity contribution in [2.75, 3.05) is 6.54 Å². The average molecular weight is 257 g/mol. The first-order chi connectivity index (χ1) is 9.34. The van der Waals surface area contributed by atoms with Crippen LogP contribution in [0.2, 0.25) is 0 Å². The van der Waals surface area contributed by atoms with Crippen LogP contribution in [0.3, 0.4) is 0 Å². The van der Waals surface area contributed by atoms with Gasteiger partial charge in [-0.1, -0.05) is 0 Å². The van der Waals surface area contributed by atoms with Crippen LogP contribution in [-0.2, 0) is 6.54 Å². The molecule has 1 aliphatic carbocycles. The van der Waals surface area contributed by atoms with Crippen molar-refractivity contribution < 1.29 is 0 Å². The van der Waals surface area contributed by atoms with Gasteiger partial charge in [-0.05, 0) is 18.8 Å². The van der Waals surface area contributed by atoms with Crippen LogP contribution in [0.1, 0.15) is 24.7 Å². The number of nitrogens with one attached hydrogen (secondary N) is 2. The minimum Gasteiger partial charge on any atom is -0.367 e. The normalized spacial score (nSPS) is 22.2. The van der Waals surface area contributed by atoms with Crippen LogP contribution in [-0.4, -0.2) is 26.3 Å². The summed E-state index contributed by atoms with van der Waals surface area (Å²) >= 11 is 0. The number of hydrogen-bond acceptors (Lipinski definition) is 4. The SMILES string of the molecule is O=c1cc[nH]cc1-c1nnc2n1CCNC2C1CC1. The lowest BCUT2D eigenvalue weighted by Crippen LogP contribution is -2.35. The predicted octanol–water partition coefficient (Wildman–Crippen LogP) is 0.688. The first kappa shape index (κ1) is 10.9. The van der Waals surface area contributed by atoms with Gasteiger partial charge in [0.05, 0.1) is 11.6 Å². The molecule has 0 spiro atoms. The topological polar surface area (TPSA) is 75.6 Å². The third-order valence-electron chi connectivity index (χ3n) is 3.92. The van der Waals surface area contributed by atoms with Crippen LogP contribution < -0.4 is 10.7 Å². The standard InChI is InChI=1S/C13H15N5O/c19-10-3-4-14-7-9(10)12-16-17-13-11(8-1-2-8)15-5-6-18(12)13/h3-4,7-8,11,15H,1-2,5-6H2,(H,14,19). The zero-order valence-corrected chi connectivity index (χ0v) is 10.5. The second kappa shape index (κ2) is 4.03. The van der Waals surface area contributed by atoms with Gasteiger partial charge in [0.2, 0.25) is 0 Å². The molecule has 1 fully saturated rings. The van der Waals surface area contributed by atoms with Gasteiger partial charge in [0, 0.05) is 31.5 Å². The van der Waals surface area contributed by atoms with E-state index in [4.69, 9.17) is 0 Å². The molecule has 0 aromatic carbocycles. The molecule has 4 rings (SSSR count). The number of aromatic amines is 1. The summed E-state index contributed by atoms with van der Waals surface area (Å²) in [6.07, 6.45) is 5.85. The third-order valence-corrected chi connectivity index (χ3v) is 3.92. The first-order valence-corrected chi connectivity index (χ1v) is 6.68. The number of aromatic nitrogens is 4. The smallest absolute Gasteiger partial charge is 0.192 e. The highest BCUT2D eigenvalue weighted by Crippen LogP contribution is 2.41. The molecule has 3 heterocycles. The van der Waals surface area contributed by atoms with E-state index in [0.29, 0.717) is 23.3 Å². The summed E-state index contributed by atoms with van der Waals surface area (Å²) in [4.78, 5) is 14.9. The molecule has 2 aromatic heterocycles. The Morgan fingerprint density at radius 3 is 3.00 bits per heavy atom. The summed E-state index contributed by atoms with van der Waals surface area (Å²) in [7, 11) is 0. The molecule has 2 aliphatic rings. The van der Waals surface area contributed by atoms with Gasteiger partial charge in [0.25, 0.3) is 0 Å². The Morgan fingerprint density at radius 2 is 2.21 bits per heavy atom. The van der Waals surface area contributed by atoms with E-state index in [1.807, 2.05) is 0 Å². The monoisotopic (exact) mass is 257 g/mol. The third kappa shape index (κ3) is 1.71. The Hall–Kier alpha value is -1.95. The molecule has 2 N–H and O–H groups in total. The fourth-order valence-corrected chi connectivity index (χ4v) is 2.79. The van der Waals surface area contributed by atoms with Crippen molar-refractivity contribution in [1.82, 2.24) is 25.1 Å². The molecule has 1 unspecified atom stereocenters. The van der Waals surface area contributed by atoms with E-state index >= 15 is 0 Å². The molecule has 1 atom stereocenters. The highest BCUT2D eigenvalue weighted by molar-refractivity contribution is 5.53. The van der Waals surface area contributed by atoms with Gasteiger partial charge in [-0.2, -0.15) is 0 Å². The molecule has 1 saturated carbocycles. The second-order valence-corrected chi connectivity index (χ2v) is 5.22. The highest BCUT2D eigenvalue weighted by atomic mass is 16.1. The summed E-state index contributed by atoms with van der Waals surface area (Å²) < 4.78 is 2.09. The van der Waals surface area contributed by atoms with Crippen molar-refractivity contribution in [2.24, 2.45) is 5.92 Å². The van der Waals surface area contributed by atoms with Crippen LogP contribution in [0, 0.1) is 5.92 Å². The largest absolute Gasteiger partial charge is 0.367 e. The lowest BCUT2D eigenvalue weighted by atomic mass is 10.1. The Balaban J connectivity index is 1.83. The van der Waals surface area contributed by atoms with E-state index < -0.39 is 0 Å². The van der Waals surface area contributed by atoms with Crippen molar-refractivity contribution >= 4 is 0 Å². The summed E-state index contributed by atoms with van der Waals surface area (Å²) in [6.45, 7) is 1.72. The van der Waals surface area contributed by atoms with Gasteiger partial charge < -0.3 is 14.9 Å². The van der Waals surface area contributed by atoms with Gasteiger partial charge >= 0.3 is 0 Å². The van der Waals surface area contributed by atoms with Crippen LogP contribution in [0.15, 0.2) is 23.3 Å². The predicted molar refractivity (Wildman–Crippen MR) is 69.5 cm³/mol. The van der Waals surface area contributed by atoms with Crippen LogP contribution >= 0.6 is 0 Å². The molecule has 2 aromatic rings. The maximum Gasteiger partial charge on any atom is 0.192 e. The maximum atomic E-state index is 11.9. The lowest BCUT2D eigenvalue weighted by Gasteiger charge is -2.24. The van der Waals surface area contributed by atoms with Crippen molar-refractivity contribution in [3.05, 3.63) is 34.5 Å². The van der Waals surface area contributed by atoms with Crippen molar-refractivity contribution in [2.45, 2.75) is 25.4 Å². The van der Waals surface area contributed by atoms with E-state index in [2.05, 4.69) is 25.1 Å². The molecule has 6 heteroatoms. The Bertz CT molecular complexity index is 670. The minimum absolute atomic E-state index is 0.0181. The molecular formula is C13H15N5O. The summed E-state index contributed by atoms with van der Waals surface area (Å²) in [5, 5.41) is 12.1. The number of hydrogen-bond donors (Lipinski definition) is 2. The number of nitrogens with zero attached hydrogens (tertiary/aromatic N) is 3. The van der Waals surface area contributed by atoms with Gasteiger partial charge in [-0.15, -0.1) is 10.2 Å². The number of pyridine rings is 1. The Kier molecular flexibility index (Phi) is 2.32. The van der Waals surface area contributed by atoms with Crippen molar-refractivity contribution in [1.29, 1.82) is 0 Å². The average Bonchev–Trinajstić information content (AvgIpc) is 3.19. The first-order valence-electron chi connectivity index (χ1n) is 6.68. The zero-order valence-electron chi connectivity index (χ0n) is 10.5. The molecular weight excluding hydrogens is 242 g/mol. The molecule has 98 valence electrons. The van der Waals surface area contributed by atoms with Crippen LogP contribution in [0.5, 0.6) is 0 Å². The second-order valence-electron chi connectivity index (χ2n) is 5.22. The van der Waals surface area contributed by atoms with Crippen molar-refractivity contribution in [3.63, 3.8) is 0 Å². The number of rotatable bonds is 2. The molecule has 0 amide bonds. The molecule has 6 nitrogen and oxygen atoms in total. The fourth-order valence-electron chi connectivity index (χ4n) is 2.79. The summed E-state index contributed by atoms with van der Waals surface area (Å²) in [6, 6.07) is 1.83. The number of fused-ring (bicyclic) bond motifs is 1. The van der Waals surface area contributed by atoms with E-state index in [-0.39, 0.29) is 5.43 Å². The lowest BCUT2D eigenvalue weighted by molar-refractivity contribution is 0.383. The van der Waals surface area contributed by atoms with E-state index in [9.17, 15) is 4.79 Å².